The van der Waals surface area contributed by atoms with Crippen LogP contribution in [0, 0.1) is 23.7 Å². The Morgan fingerprint density at radius 3 is 1.92 bits per heavy atom. The minimum absolute atomic E-state index is 0.217. The van der Waals surface area contributed by atoms with Crippen molar-refractivity contribution < 1.29 is 0 Å². The van der Waals surface area contributed by atoms with E-state index in [0.29, 0.717) is 11.8 Å². The van der Waals surface area contributed by atoms with Crippen LogP contribution in [-0.2, 0) is 0 Å². The summed E-state index contributed by atoms with van der Waals surface area (Å²) in [7, 11) is 0. The van der Waals surface area contributed by atoms with Gasteiger partial charge in [-0.3, -0.25) is 0 Å². The van der Waals surface area contributed by atoms with Crippen LogP contribution in [0.25, 0.3) is 38.6 Å². The molecule has 0 amide bonds. The van der Waals surface area contributed by atoms with Crippen LogP contribution in [0.1, 0.15) is 24.0 Å². The first-order valence-electron chi connectivity index (χ1n) is 18.8. The highest BCUT2D eigenvalue weighted by Gasteiger charge is 2.34. The Hall–Kier alpha value is -5.98. The summed E-state index contributed by atoms with van der Waals surface area (Å²) in [5, 5.41) is 5.28. The summed E-state index contributed by atoms with van der Waals surface area (Å²) in [6, 6.07) is 44.8. The number of rotatable bonds is 5. The fourth-order valence-electron chi connectivity index (χ4n) is 9.24. The molecule has 5 aliphatic carbocycles. The molecule has 4 unspecified atom stereocenters. The number of benzene rings is 5. The van der Waals surface area contributed by atoms with Crippen LogP contribution < -0.4 is 10.4 Å². The zero-order chi connectivity index (χ0) is 34.4. The minimum Gasteiger partial charge on any atom is -0.0767 e. The molecular weight excluding hydrogens is 625 g/mol. The average molecular weight is 665 g/mol. The molecule has 0 saturated heterocycles. The molecular formula is C52H40. The lowest BCUT2D eigenvalue weighted by Crippen LogP contribution is -2.40. The summed E-state index contributed by atoms with van der Waals surface area (Å²) >= 11 is 0. The maximum atomic E-state index is 2.55. The van der Waals surface area contributed by atoms with Crippen molar-refractivity contribution in [3.05, 3.63) is 233 Å². The second-order valence-electron chi connectivity index (χ2n) is 14.7. The monoisotopic (exact) mass is 664 g/mol. The molecule has 0 nitrogen and oxygen atoms in total. The topological polar surface area (TPSA) is 0 Å². The van der Waals surface area contributed by atoms with Crippen molar-refractivity contribution in [1.82, 2.24) is 0 Å². The molecule has 0 bridgehead atoms. The molecule has 0 heterocycles. The Kier molecular flexibility index (Phi) is 7.68. The smallest absolute Gasteiger partial charge is 0.0143 e. The first kappa shape index (κ1) is 30.8. The molecule has 0 fully saturated rings. The van der Waals surface area contributed by atoms with E-state index in [0.717, 1.165) is 12.8 Å². The van der Waals surface area contributed by atoms with Gasteiger partial charge in [0, 0.05) is 23.7 Å². The second-order valence-corrected chi connectivity index (χ2v) is 14.7. The Morgan fingerprint density at radius 1 is 0.423 bits per heavy atom. The zero-order valence-corrected chi connectivity index (χ0v) is 29.2. The molecule has 10 rings (SSSR count). The van der Waals surface area contributed by atoms with Gasteiger partial charge in [-0.25, -0.2) is 0 Å². The van der Waals surface area contributed by atoms with Crippen LogP contribution in [0.4, 0.5) is 0 Å². The van der Waals surface area contributed by atoms with Gasteiger partial charge in [-0.05, 0) is 95.8 Å². The summed E-state index contributed by atoms with van der Waals surface area (Å²) in [6.07, 6.45) is 30.5. The van der Waals surface area contributed by atoms with Crippen LogP contribution in [0.2, 0.25) is 0 Å². The molecule has 5 aromatic carbocycles. The predicted octanol–water partition coefficient (Wildman–Crippen LogP) is 11.3. The van der Waals surface area contributed by atoms with Crippen molar-refractivity contribution in [3.8, 4) is 11.1 Å². The van der Waals surface area contributed by atoms with Crippen molar-refractivity contribution in [3.63, 3.8) is 0 Å². The standard InChI is InChI=1S/C52H40/c1-2-11-35(12-3-1)44-31-32-49-50(34-44)52(41-26-21-37(22-27-41)43-30-23-36-13-4-5-15-42(36)33-43)48-19-9-8-18-47(48)51(49)40-28-24-39(25-29-40)46-20-10-16-38-14-6-7-17-45(38)46/h1-24,26-28,30-34,38,45,49-50H,25,29H2. The lowest BCUT2D eigenvalue weighted by molar-refractivity contribution is 0.621. The summed E-state index contributed by atoms with van der Waals surface area (Å²) < 4.78 is 0. The molecule has 0 N–H and O–H groups in total. The van der Waals surface area contributed by atoms with E-state index in [-0.39, 0.29) is 11.8 Å². The quantitative estimate of drug-likeness (QED) is 0.175. The third-order valence-corrected chi connectivity index (χ3v) is 11.8. The first-order chi connectivity index (χ1) is 25.8. The fourth-order valence-corrected chi connectivity index (χ4v) is 9.24. The van der Waals surface area contributed by atoms with Gasteiger partial charge < -0.3 is 0 Å². The number of hydrogen-bond acceptors (Lipinski definition) is 0. The summed E-state index contributed by atoms with van der Waals surface area (Å²) in [4.78, 5) is 0. The second kappa shape index (κ2) is 13.0. The number of fused-ring (bicyclic) bond motifs is 4. The maximum Gasteiger partial charge on any atom is 0.0143 e. The molecule has 4 atom stereocenters. The van der Waals surface area contributed by atoms with E-state index >= 15 is 0 Å². The van der Waals surface area contributed by atoms with E-state index in [2.05, 4.69) is 194 Å². The SMILES string of the molecule is C1=CC2C=CC=C(C3=CC=C(C4=c5ccccc5=C(c5ccc(-c6ccc7ccccc7c6)cc5)C5C=C(c6ccccc6)C=CC45)CC3)C2C=C1. The van der Waals surface area contributed by atoms with Gasteiger partial charge in [-0.2, -0.15) is 0 Å². The molecule has 0 aromatic heterocycles. The van der Waals surface area contributed by atoms with Crippen LogP contribution in [-0.4, -0.2) is 0 Å². The molecule has 5 aliphatic rings. The van der Waals surface area contributed by atoms with Gasteiger partial charge in [0.15, 0.2) is 0 Å². The lowest BCUT2D eigenvalue weighted by Gasteiger charge is -2.36. The van der Waals surface area contributed by atoms with Gasteiger partial charge in [0.1, 0.15) is 0 Å². The van der Waals surface area contributed by atoms with Crippen molar-refractivity contribution in [1.29, 1.82) is 0 Å². The van der Waals surface area contributed by atoms with E-state index in [1.165, 1.54) is 76.9 Å². The third-order valence-electron chi connectivity index (χ3n) is 11.8. The highest BCUT2D eigenvalue weighted by molar-refractivity contribution is 5.89. The molecule has 0 spiro atoms. The first-order valence-corrected chi connectivity index (χ1v) is 18.8. The van der Waals surface area contributed by atoms with Gasteiger partial charge in [0.2, 0.25) is 0 Å². The van der Waals surface area contributed by atoms with Crippen molar-refractivity contribution >= 4 is 27.5 Å². The van der Waals surface area contributed by atoms with E-state index in [4.69, 9.17) is 0 Å². The van der Waals surface area contributed by atoms with Gasteiger partial charge in [-0.15, -0.1) is 0 Å². The number of allylic oxidation sites excluding steroid dienone is 16. The average Bonchev–Trinajstić information content (AvgIpc) is 3.23. The van der Waals surface area contributed by atoms with E-state index in [9.17, 15) is 0 Å². The summed E-state index contributed by atoms with van der Waals surface area (Å²) in [5.41, 5.74) is 13.7. The Bertz CT molecular complexity index is 2610. The van der Waals surface area contributed by atoms with Crippen molar-refractivity contribution in [2.45, 2.75) is 12.8 Å². The van der Waals surface area contributed by atoms with Crippen LogP contribution >= 0.6 is 0 Å². The van der Waals surface area contributed by atoms with Crippen LogP contribution in [0.5, 0.6) is 0 Å². The highest BCUT2D eigenvalue weighted by Crippen LogP contribution is 2.46. The van der Waals surface area contributed by atoms with E-state index < -0.39 is 0 Å². The van der Waals surface area contributed by atoms with Crippen LogP contribution in [0.15, 0.2) is 211 Å². The highest BCUT2D eigenvalue weighted by atomic mass is 14.4. The maximum absolute atomic E-state index is 2.55. The molecule has 52 heavy (non-hydrogen) atoms. The Balaban J connectivity index is 1.11. The van der Waals surface area contributed by atoms with Crippen molar-refractivity contribution in [2.24, 2.45) is 23.7 Å². The molecule has 0 heteroatoms. The molecule has 0 saturated carbocycles. The van der Waals surface area contributed by atoms with Crippen LogP contribution in [0.3, 0.4) is 0 Å². The molecule has 0 radical (unpaired) electrons. The summed E-state index contributed by atoms with van der Waals surface area (Å²) in [6.45, 7) is 0. The van der Waals surface area contributed by atoms with Gasteiger partial charge in [0.05, 0.1) is 0 Å². The molecule has 248 valence electrons. The predicted molar refractivity (Wildman–Crippen MR) is 219 cm³/mol. The molecule has 0 aliphatic heterocycles. The van der Waals surface area contributed by atoms with Gasteiger partial charge in [0.25, 0.3) is 0 Å². The largest absolute Gasteiger partial charge is 0.0767 e. The van der Waals surface area contributed by atoms with Crippen molar-refractivity contribution in [2.75, 3.05) is 0 Å². The summed E-state index contributed by atoms with van der Waals surface area (Å²) in [5.74, 6) is 1.38. The van der Waals surface area contributed by atoms with E-state index in [1.807, 2.05) is 0 Å². The third kappa shape index (κ3) is 5.38. The fraction of sp³-hybridized carbons (Fsp3) is 0.115. The number of hydrogen-bond donors (Lipinski definition) is 0. The normalized spacial score (nSPS) is 22.9. The van der Waals surface area contributed by atoms with Gasteiger partial charge >= 0.3 is 0 Å². The lowest BCUT2D eigenvalue weighted by atomic mass is 9.67. The molecule has 5 aromatic rings. The zero-order valence-electron chi connectivity index (χ0n) is 29.2. The van der Waals surface area contributed by atoms with Gasteiger partial charge in [-0.1, -0.05) is 188 Å². The Labute approximate surface area is 306 Å². The Morgan fingerprint density at radius 2 is 1.10 bits per heavy atom. The van der Waals surface area contributed by atoms with E-state index in [1.54, 1.807) is 0 Å². The minimum atomic E-state index is 0.217.